The summed E-state index contributed by atoms with van der Waals surface area (Å²) in [5, 5.41) is 8.71. The van der Waals surface area contributed by atoms with Crippen LogP contribution in [0.4, 0.5) is 0 Å². The first-order chi connectivity index (χ1) is 14.6. The third-order valence-corrected chi connectivity index (χ3v) is 6.58. The summed E-state index contributed by atoms with van der Waals surface area (Å²) in [6.07, 6.45) is 11.5. The zero-order valence-corrected chi connectivity index (χ0v) is 17.7. The van der Waals surface area contributed by atoms with Crippen molar-refractivity contribution in [1.29, 1.82) is 0 Å². The van der Waals surface area contributed by atoms with Crippen molar-refractivity contribution in [2.24, 2.45) is 0 Å². The molecule has 4 nitrogen and oxygen atoms in total. The van der Waals surface area contributed by atoms with E-state index < -0.39 is 0 Å². The zero-order chi connectivity index (χ0) is 20.8. The van der Waals surface area contributed by atoms with Gasteiger partial charge in [0.1, 0.15) is 0 Å². The second kappa shape index (κ2) is 9.46. The van der Waals surface area contributed by atoms with Crippen LogP contribution in [0.25, 0.3) is 10.8 Å². The van der Waals surface area contributed by atoms with Crippen molar-refractivity contribution in [3.8, 4) is 0 Å². The Balaban J connectivity index is 1.34. The molecule has 0 saturated carbocycles. The van der Waals surface area contributed by atoms with Crippen LogP contribution in [0.2, 0.25) is 0 Å². The lowest BCUT2D eigenvalue weighted by molar-refractivity contribution is -0.122. The highest BCUT2D eigenvalue weighted by Crippen LogP contribution is 2.30. The molecule has 1 aliphatic carbocycles. The van der Waals surface area contributed by atoms with E-state index in [1.807, 2.05) is 12.1 Å². The van der Waals surface area contributed by atoms with E-state index in [9.17, 15) is 9.59 Å². The molecule has 1 fully saturated rings. The quantitative estimate of drug-likeness (QED) is 0.620. The van der Waals surface area contributed by atoms with E-state index in [1.54, 1.807) is 0 Å². The Kier molecular flexibility index (Phi) is 6.51. The van der Waals surface area contributed by atoms with Crippen molar-refractivity contribution >= 4 is 22.6 Å². The minimum absolute atomic E-state index is 0.0884. The monoisotopic (exact) mass is 404 g/mol. The van der Waals surface area contributed by atoms with Crippen molar-refractivity contribution < 1.29 is 9.59 Å². The van der Waals surface area contributed by atoms with Gasteiger partial charge in [0, 0.05) is 24.9 Å². The Labute approximate surface area is 179 Å². The number of amides is 2. The normalized spacial score (nSPS) is 21.3. The van der Waals surface area contributed by atoms with Crippen molar-refractivity contribution in [1.82, 2.24) is 10.6 Å². The molecule has 0 bridgehead atoms. The minimum Gasteiger partial charge on any atom is -0.356 e. The Morgan fingerprint density at radius 1 is 1.07 bits per heavy atom. The minimum atomic E-state index is -0.317. The Hall–Kier alpha value is -2.62. The summed E-state index contributed by atoms with van der Waals surface area (Å²) in [6.45, 7) is 0.717. The first-order valence-corrected chi connectivity index (χ1v) is 11.4. The molecule has 0 aromatic heterocycles. The molecule has 0 unspecified atom stereocenters. The van der Waals surface area contributed by atoms with Gasteiger partial charge in [-0.1, -0.05) is 54.1 Å². The van der Waals surface area contributed by atoms with Gasteiger partial charge < -0.3 is 10.6 Å². The number of hydrogen-bond acceptors (Lipinski definition) is 2. The van der Waals surface area contributed by atoms with Gasteiger partial charge in [-0.3, -0.25) is 9.59 Å². The molecule has 2 aromatic rings. The summed E-state index contributed by atoms with van der Waals surface area (Å²) in [5.41, 5.74) is 2.38. The van der Waals surface area contributed by atoms with Crippen LogP contribution in [0, 0.1) is 0 Å². The number of carbonyl (C=O) groups is 2. The molecule has 1 aliphatic heterocycles. The summed E-state index contributed by atoms with van der Waals surface area (Å²) in [5.74, 6) is 0.186. The van der Waals surface area contributed by atoms with Crippen LogP contribution in [0.3, 0.4) is 0 Å². The van der Waals surface area contributed by atoms with E-state index in [2.05, 4.69) is 47.0 Å². The number of carbonyl (C=O) groups excluding carboxylic acids is 2. The summed E-state index contributed by atoms with van der Waals surface area (Å²) in [4.78, 5) is 24.5. The smallest absolute Gasteiger partial charge is 0.220 e. The molecule has 4 heteroatoms. The Morgan fingerprint density at radius 2 is 1.93 bits per heavy atom. The lowest BCUT2D eigenvalue weighted by Crippen LogP contribution is -2.44. The van der Waals surface area contributed by atoms with Gasteiger partial charge in [0.25, 0.3) is 0 Å². The highest BCUT2D eigenvalue weighted by molar-refractivity contribution is 5.83. The molecule has 30 heavy (non-hydrogen) atoms. The Bertz CT molecular complexity index is 949. The van der Waals surface area contributed by atoms with E-state index in [-0.39, 0.29) is 17.4 Å². The topological polar surface area (TPSA) is 58.2 Å². The van der Waals surface area contributed by atoms with E-state index in [0.717, 1.165) is 19.3 Å². The predicted molar refractivity (Wildman–Crippen MR) is 121 cm³/mol. The van der Waals surface area contributed by atoms with Gasteiger partial charge in [-0.25, -0.2) is 0 Å². The van der Waals surface area contributed by atoms with Crippen LogP contribution < -0.4 is 10.6 Å². The molecular formula is C26H32N2O2. The predicted octanol–water partition coefficient (Wildman–Crippen LogP) is 4.82. The van der Waals surface area contributed by atoms with Gasteiger partial charge in [-0.2, -0.15) is 0 Å². The van der Waals surface area contributed by atoms with E-state index in [0.29, 0.717) is 25.8 Å². The fourth-order valence-corrected chi connectivity index (χ4v) is 4.86. The van der Waals surface area contributed by atoms with Crippen LogP contribution in [-0.4, -0.2) is 23.9 Å². The number of nitrogens with one attached hydrogen (secondary N) is 2. The molecule has 1 atom stereocenters. The second-order valence-electron chi connectivity index (χ2n) is 8.89. The van der Waals surface area contributed by atoms with Gasteiger partial charge in [0.05, 0.1) is 0 Å². The molecule has 2 N–H and O–H groups in total. The van der Waals surface area contributed by atoms with Crippen LogP contribution in [0.1, 0.15) is 63.4 Å². The number of rotatable bonds is 8. The molecule has 158 valence electrons. The SMILES string of the molecule is O=C(CC[C@@]1(Cc2ccc3ccccc3c2)CCC(=O)N1)NCCC1=CCCCC1. The van der Waals surface area contributed by atoms with Gasteiger partial charge in [-0.15, -0.1) is 0 Å². The maximum absolute atomic E-state index is 12.4. The maximum Gasteiger partial charge on any atom is 0.220 e. The standard InChI is InChI=1S/C26H32N2O2/c29-24(27-17-14-20-6-2-1-3-7-20)12-15-26(16-13-25(30)28-26)19-21-10-11-22-8-4-5-9-23(22)18-21/h4-6,8-11,18H,1-3,7,12-17,19H2,(H,27,29)(H,28,30)/t26-/m0/s1. The van der Waals surface area contributed by atoms with Crippen LogP contribution in [0.15, 0.2) is 54.1 Å². The average Bonchev–Trinajstić information content (AvgIpc) is 3.13. The third-order valence-electron chi connectivity index (χ3n) is 6.58. The number of fused-ring (bicyclic) bond motifs is 1. The highest BCUT2D eigenvalue weighted by Gasteiger charge is 2.37. The van der Waals surface area contributed by atoms with Crippen molar-refractivity contribution in [3.05, 3.63) is 59.7 Å². The van der Waals surface area contributed by atoms with Crippen molar-refractivity contribution in [2.45, 2.75) is 69.7 Å². The molecule has 1 saturated heterocycles. The lowest BCUT2D eigenvalue weighted by atomic mass is 9.84. The highest BCUT2D eigenvalue weighted by atomic mass is 16.2. The maximum atomic E-state index is 12.4. The molecule has 4 rings (SSSR count). The molecule has 0 radical (unpaired) electrons. The largest absolute Gasteiger partial charge is 0.356 e. The van der Waals surface area contributed by atoms with Gasteiger partial charge in [0.15, 0.2) is 0 Å². The fourth-order valence-electron chi connectivity index (χ4n) is 4.86. The zero-order valence-electron chi connectivity index (χ0n) is 17.7. The van der Waals surface area contributed by atoms with E-state index in [4.69, 9.17) is 0 Å². The van der Waals surface area contributed by atoms with E-state index >= 15 is 0 Å². The summed E-state index contributed by atoms with van der Waals surface area (Å²) < 4.78 is 0. The summed E-state index contributed by atoms with van der Waals surface area (Å²) >= 11 is 0. The van der Waals surface area contributed by atoms with Crippen LogP contribution >= 0.6 is 0 Å². The molecule has 0 spiro atoms. The average molecular weight is 405 g/mol. The number of hydrogen-bond donors (Lipinski definition) is 2. The molecule has 2 aliphatic rings. The number of benzene rings is 2. The fraction of sp³-hybridized carbons (Fsp3) is 0.462. The molecular weight excluding hydrogens is 372 g/mol. The second-order valence-corrected chi connectivity index (χ2v) is 8.89. The first kappa shape index (κ1) is 20.6. The van der Waals surface area contributed by atoms with Gasteiger partial charge in [-0.05, 0) is 67.7 Å². The summed E-state index contributed by atoms with van der Waals surface area (Å²) in [7, 11) is 0. The lowest BCUT2D eigenvalue weighted by Gasteiger charge is -2.29. The third kappa shape index (κ3) is 5.29. The molecule has 1 heterocycles. The van der Waals surface area contributed by atoms with Crippen molar-refractivity contribution in [2.75, 3.05) is 6.54 Å². The van der Waals surface area contributed by atoms with Gasteiger partial charge >= 0.3 is 0 Å². The Morgan fingerprint density at radius 3 is 2.70 bits per heavy atom. The van der Waals surface area contributed by atoms with Crippen molar-refractivity contribution in [3.63, 3.8) is 0 Å². The van der Waals surface area contributed by atoms with E-state index in [1.165, 1.54) is 47.6 Å². The number of allylic oxidation sites excluding steroid dienone is 1. The van der Waals surface area contributed by atoms with Crippen LogP contribution in [0.5, 0.6) is 0 Å². The van der Waals surface area contributed by atoms with Crippen LogP contribution in [-0.2, 0) is 16.0 Å². The molecule has 2 aromatic carbocycles. The summed E-state index contributed by atoms with van der Waals surface area (Å²) in [6, 6.07) is 14.8. The molecule has 2 amide bonds. The first-order valence-electron chi connectivity index (χ1n) is 11.4. The van der Waals surface area contributed by atoms with Gasteiger partial charge in [0.2, 0.25) is 11.8 Å².